The van der Waals surface area contributed by atoms with Gasteiger partial charge < -0.3 is 24.1 Å². The van der Waals surface area contributed by atoms with Crippen LogP contribution >= 0.6 is 0 Å². The van der Waals surface area contributed by atoms with Crippen molar-refractivity contribution >= 4 is 32.7 Å². The van der Waals surface area contributed by atoms with Crippen molar-refractivity contribution in [3.63, 3.8) is 0 Å². The summed E-state index contributed by atoms with van der Waals surface area (Å²) in [5, 5.41) is 0.387. The summed E-state index contributed by atoms with van der Waals surface area (Å²) < 4.78 is 59.6. The van der Waals surface area contributed by atoms with Gasteiger partial charge in [-0.1, -0.05) is 48.0 Å². The third kappa shape index (κ3) is 8.27. The van der Waals surface area contributed by atoms with Crippen LogP contribution in [0.3, 0.4) is 0 Å². The van der Waals surface area contributed by atoms with Crippen LogP contribution < -0.4 is 17.0 Å². The molecule has 0 aromatic carbocycles. The maximum absolute atomic E-state index is 14.2. The average Bonchev–Trinajstić information content (AvgIpc) is 3.36. The topological polar surface area (TPSA) is 167 Å². The Balaban J connectivity index is 2.15. The second-order valence-electron chi connectivity index (χ2n) is 15.9. The Morgan fingerprint density at radius 2 is 1.62 bits per heavy atom. The van der Waals surface area contributed by atoms with E-state index in [4.69, 9.17) is 28.2 Å². The fourth-order valence-corrected chi connectivity index (χ4v) is 8.81. The number of unbranched alkanes of at least 4 members (excludes halogenated alkanes) is 2. The summed E-state index contributed by atoms with van der Waals surface area (Å²) in [6.45, 7) is 24.2. The first kappa shape index (κ1) is 40.3. The average molecular weight is 732 g/mol. The zero-order chi connectivity index (χ0) is 36.7. The van der Waals surface area contributed by atoms with Gasteiger partial charge in [0.25, 0.3) is 15.7 Å². The summed E-state index contributed by atoms with van der Waals surface area (Å²) in [6, 6.07) is 0. The van der Waals surface area contributed by atoms with E-state index in [0.717, 1.165) is 9.98 Å². The van der Waals surface area contributed by atoms with Gasteiger partial charge in [0.15, 0.2) is 28.5 Å². The lowest BCUT2D eigenvalue weighted by Crippen LogP contribution is -2.59. The van der Waals surface area contributed by atoms with Crippen LogP contribution in [-0.4, -0.2) is 71.2 Å². The second-order valence-corrected chi connectivity index (χ2v) is 26.9. The van der Waals surface area contributed by atoms with Crippen LogP contribution in [0, 0.1) is 6.92 Å². The summed E-state index contributed by atoms with van der Waals surface area (Å²) in [6.07, 6.45) is -0.185. The maximum Gasteiger partial charge on any atom is 0.333 e. The second kappa shape index (κ2) is 14.3. The van der Waals surface area contributed by atoms with Gasteiger partial charge in [-0.2, -0.15) is 8.42 Å². The summed E-state index contributed by atoms with van der Waals surface area (Å²) in [5.74, 6) is -0.288. The van der Waals surface area contributed by atoms with E-state index in [1.807, 2.05) is 33.9 Å². The number of hydrogen-bond donors (Lipinski definition) is 1. The molecule has 4 atom stereocenters. The van der Waals surface area contributed by atoms with Crippen molar-refractivity contribution in [2.45, 2.75) is 148 Å². The van der Waals surface area contributed by atoms with Gasteiger partial charge in [0, 0.05) is 24.7 Å². The minimum Gasteiger partial charge on any atom is -0.466 e. The maximum atomic E-state index is 14.2. The molecule has 16 heteroatoms. The van der Waals surface area contributed by atoms with E-state index in [2.05, 4.69) is 33.9 Å². The van der Waals surface area contributed by atoms with Crippen LogP contribution in [0.4, 0.5) is 0 Å². The van der Waals surface area contributed by atoms with E-state index in [1.165, 1.54) is 10.8 Å². The monoisotopic (exact) mass is 731 g/mol. The molecule has 0 radical (unpaired) electrons. The van der Waals surface area contributed by atoms with Crippen LogP contribution in [0.25, 0.3) is 0 Å². The van der Waals surface area contributed by atoms with Gasteiger partial charge in [0.2, 0.25) is 0 Å². The number of rotatable bonds is 13. The fraction of sp³-hybridized carbons (Fsp3) is 0.781. The van der Waals surface area contributed by atoms with Gasteiger partial charge in [-0.05, 0) is 63.0 Å². The summed E-state index contributed by atoms with van der Waals surface area (Å²) >= 11 is 0. The lowest BCUT2D eigenvalue weighted by Gasteiger charge is -2.43. The summed E-state index contributed by atoms with van der Waals surface area (Å²) in [5.41, 5.74) is 3.83. The highest BCUT2D eigenvalue weighted by Gasteiger charge is 2.67. The molecule has 3 heterocycles. The van der Waals surface area contributed by atoms with Crippen molar-refractivity contribution in [1.82, 2.24) is 9.13 Å². The highest BCUT2D eigenvalue weighted by atomic mass is 32.2. The van der Waals surface area contributed by atoms with Crippen molar-refractivity contribution < 1.29 is 35.7 Å². The molecule has 1 unspecified atom stereocenters. The SMILES string of the molecule is CCOC(=O)CCCCCn1c(=O)c(C)cn([C@@H]2O[C@H](CO[Si](C)(C)C(C)(C)C)C3(OS(=O)(=O)C=C3N)[C@H]2O[Si](C)(C)C(C)(C)C)c1=O. The molecule has 1 fully saturated rings. The van der Waals surface area contributed by atoms with E-state index < -0.39 is 62.0 Å². The molecule has 2 N–H and O–H groups in total. The van der Waals surface area contributed by atoms with Crippen LogP contribution in [0.5, 0.6) is 0 Å². The molecular weight excluding hydrogens is 675 g/mol. The van der Waals surface area contributed by atoms with Crippen molar-refractivity contribution in [2.24, 2.45) is 5.73 Å². The molecule has 1 aromatic heterocycles. The molecule has 13 nitrogen and oxygen atoms in total. The van der Waals surface area contributed by atoms with Gasteiger partial charge in [0.05, 0.1) is 24.3 Å². The Labute approximate surface area is 287 Å². The van der Waals surface area contributed by atoms with Crippen LogP contribution in [0.15, 0.2) is 26.9 Å². The Kier molecular flexibility index (Phi) is 12.0. The number of nitrogens with two attached hydrogens (primary N) is 1. The minimum absolute atomic E-state index is 0.0672. The number of carbonyl (C=O) groups excluding carboxylic acids is 1. The standard InChI is InChI=1S/C32H57N3O10SSi2/c1-13-41-25(36)17-15-14-16-18-34-27(37)22(2)19-35(29(34)38)28-26(44-48(11,12)31(6,7)8)32(23(33)21-46(39,40)45-32)24(43-28)20-42-47(9,10)30(3,4)5/h19,21,24,26,28H,13-18,20,33H2,1-12H3/t24-,26+,28-,32?/m1/s1. The first-order valence-electron chi connectivity index (χ1n) is 16.7. The number of ether oxygens (including phenoxy) is 2. The van der Waals surface area contributed by atoms with E-state index in [1.54, 1.807) is 13.8 Å². The van der Waals surface area contributed by atoms with E-state index >= 15 is 0 Å². The molecule has 2 aliphatic heterocycles. The van der Waals surface area contributed by atoms with Crippen molar-refractivity contribution in [3.8, 4) is 0 Å². The quantitative estimate of drug-likeness (QED) is 0.130. The first-order valence-corrected chi connectivity index (χ1v) is 24.0. The first-order chi connectivity index (χ1) is 21.8. The highest BCUT2D eigenvalue weighted by Crippen LogP contribution is 2.52. The molecule has 48 heavy (non-hydrogen) atoms. The Hall–Kier alpha value is -2.09. The number of hydrogen-bond acceptors (Lipinski definition) is 11. The molecule has 0 bridgehead atoms. The van der Waals surface area contributed by atoms with Crippen LogP contribution in [-0.2, 0) is 44.0 Å². The molecule has 2 aliphatic rings. The summed E-state index contributed by atoms with van der Waals surface area (Å²) in [7, 11) is -9.36. The van der Waals surface area contributed by atoms with Gasteiger partial charge >= 0.3 is 11.7 Å². The lowest BCUT2D eigenvalue weighted by atomic mass is 9.89. The summed E-state index contributed by atoms with van der Waals surface area (Å²) in [4.78, 5) is 39.2. The number of nitrogens with zero attached hydrogens (tertiary/aromatic N) is 2. The number of aryl methyl sites for hydroxylation is 1. The fourth-order valence-electron chi connectivity index (χ4n) is 5.30. The molecule has 0 aliphatic carbocycles. The molecule has 274 valence electrons. The van der Waals surface area contributed by atoms with Gasteiger partial charge in [-0.3, -0.25) is 18.7 Å². The third-order valence-electron chi connectivity index (χ3n) is 10.3. The van der Waals surface area contributed by atoms with Crippen molar-refractivity contribution in [3.05, 3.63) is 43.7 Å². The van der Waals surface area contributed by atoms with Crippen LogP contribution in [0.2, 0.25) is 36.3 Å². The van der Waals surface area contributed by atoms with Gasteiger partial charge in [-0.15, -0.1) is 0 Å². The van der Waals surface area contributed by atoms with E-state index in [-0.39, 0.29) is 46.9 Å². The Morgan fingerprint density at radius 3 is 2.15 bits per heavy atom. The molecular formula is C32H57N3O10SSi2. The lowest BCUT2D eigenvalue weighted by molar-refractivity contribution is -0.143. The molecule has 0 saturated carbocycles. The van der Waals surface area contributed by atoms with Crippen LogP contribution in [0.1, 0.15) is 85.9 Å². The zero-order valence-corrected chi connectivity index (χ0v) is 33.6. The predicted octanol–water partition coefficient (Wildman–Crippen LogP) is 4.65. The minimum atomic E-state index is -4.24. The molecule has 1 spiro atoms. The molecule has 0 amide bonds. The Morgan fingerprint density at radius 1 is 1.02 bits per heavy atom. The van der Waals surface area contributed by atoms with Crippen molar-refractivity contribution in [2.75, 3.05) is 13.2 Å². The van der Waals surface area contributed by atoms with E-state index in [0.29, 0.717) is 25.9 Å². The van der Waals surface area contributed by atoms with E-state index in [9.17, 15) is 22.8 Å². The molecule has 1 aromatic rings. The van der Waals surface area contributed by atoms with Crippen molar-refractivity contribution in [1.29, 1.82) is 0 Å². The van der Waals surface area contributed by atoms with Gasteiger partial charge in [0.1, 0.15) is 12.2 Å². The largest absolute Gasteiger partial charge is 0.466 e. The smallest absolute Gasteiger partial charge is 0.333 e. The van der Waals surface area contributed by atoms with Gasteiger partial charge in [-0.25, -0.2) is 8.98 Å². The molecule has 3 rings (SSSR count). The normalized spacial score (nSPS) is 24.7. The highest BCUT2D eigenvalue weighted by molar-refractivity contribution is 7.90. The number of esters is 1. The molecule has 1 saturated heterocycles. The zero-order valence-electron chi connectivity index (χ0n) is 30.8. The number of carbonyl (C=O) groups is 1. The Bertz CT molecular complexity index is 1600. The predicted molar refractivity (Wildman–Crippen MR) is 189 cm³/mol. The number of aromatic nitrogens is 2. The third-order valence-corrected chi connectivity index (χ3v) is 20.3.